The Labute approximate surface area is 158 Å². The minimum absolute atomic E-state index is 0.000194. The molecule has 134 valence electrons. The van der Waals surface area contributed by atoms with Crippen LogP contribution < -0.4 is 9.47 Å². The molecule has 3 heterocycles. The van der Waals surface area contributed by atoms with Gasteiger partial charge in [0.25, 0.3) is 0 Å². The van der Waals surface area contributed by atoms with Crippen LogP contribution in [0.5, 0.6) is 11.5 Å². The third kappa shape index (κ3) is 2.97. The quantitative estimate of drug-likeness (QED) is 0.492. The Kier molecular flexibility index (Phi) is 4.42. The highest BCUT2D eigenvalue weighted by atomic mass is 35.5. The number of esters is 1. The fourth-order valence-corrected chi connectivity index (χ4v) is 4.33. The van der Waals surface area contributed by atoms with Gasteiger partial charge in [0.15, 0.2) is 11.5 Å². The maximum Gasteiger partial charge on any atom is 0.313 e. The predicted molar refractivity (Wildman–Crippen MR) is 99.1 cm³/mol. The molecule has 0 fully saturated rings. The molecule has 0 saturated heterocycles. The molecular weight excluding hydrogens is 376 g/mol. The van der Waals surface area contributed by atoms with E-state index in [1.165, 1.54) is 11.3 Å². The van der Waals surface area contributed by atoms with Crippen molar-refractivity contribution in [3.05, 3.63) is 34.1 Å². The van der Waals surface area contributed by atoms with Crippen molar-refractivity contribution in [3.63, 3.8) is 0 Å². The van der Waals surface area contributed by atoms with Gasteiger partial charge in [-0.05, 0) is 31.5 Å². The zero-order valence-corrected chi connectivity index (χ0v) is 15.7. The number of aryl methyl sites for hydroxylation is 1. The highest BCUT2D eigenvalue weighted by Crippen LogP contribution is 2.43. The fourth-order valence-electron chi connectivity index (χ4n) is 2.93. The Hall–Kier alpha value is -2.38. The van der Waals surface area contributed by atoms with Gasteiger partial charge < -0.3 is 14.2 Å². The van der Waals surface area contributed by atoms with E-state index in [4.69, 9.17) is 25.8 Å². The van der Waals surface area contributed by atoms with Crippen molar-refractivity contribution in [2.75, 3.05) is 13.4 Å². The number of hydrogen-bond donors (Lipinski definition) is 0. The average Bonchev–Trinajstić information content (AvgIpc) is 3.17. The van der Waals surface area contributed by atoms with E-state index in [1.807, 2.05) is 25.1 Å². The minimum Gasteiger partial charge on any atom is -0.466 e. The van der Waals surface area contributed by atoms with Crippen molar-refractivity contribution >= 4 is 39.1 Å². The first-order valence-electron chi connectivity index (χ1n) is 8.08. The van der Waals surface area contributed by atoms with Gasteiger partial charge in [-0.3, -0.25) is 4.79 Å². The molecule has 2 aromatic heterocycles. The fraction of sp³-hybridized carbons (Fsp3) is 0.278. The summed E-state index contributed by atoms with van der Waals surface area (Å²) in [6, 6.07) is 5.77. The summed E-state index contributed by atoms with van der Waals surface area (Å²) in [6.45, 7) is 4.31. The number of hydrogen-bond acceptors (Lipinski definition) is 7. The Bertz CT molecular complexity index is 1020. The van der Waals surface area contributed by atoms with Crippen LogP contribution >= 0.6 is 22.9 Å². The van der Waals surface area contributed by atoms with Crippen molar-refractivity contribution in [2.24, 2.45) is 0 Å². The third-order valence-electron chi connectivity index (χ3n) is 4.00. The van der Waals surface area contributed by atoms with Gasteiger partial charge >= 0.3 is 5.97 Å². The van der Waals surface area contributed by atoms with E-state index >= 15 is 0 Å². The predicted octanol–water partition coefficient (Wildman–Crippen LogP) is 4.15. The van der Waals surface area contributed by atoms with E-state index in [1.54, 1.807) is 6.92 Å². The molecule has 1 aliphatic rings. The molecule has 0 aliphatic carbocycles. The molecule has 8 heteroatoms. The number of ether oxygens (including phenoxy) is 3. The molecule has 0 amide bonds. The average molecular weight is 391 g/mol. The number of aromatic nitrogens is 2. The summed E-state index contributed by atoms with van der Waals surface area (Å²) < 4.78 is 15.8. The zero-order chi connectivity index (χ0) is 18.3. The van der Waals surface area contributed by atoms with Gasteiger partial charge in [-0.2, -0.15) is 0 Å². The number of carbonyl (C=O) groups is 1. The number of carbonyl (C=O) groups excluding carboxylic acids is 1. The van der Waals surface area contributed by atoms with Crippen molar-refractivity contribution in [2.45, 2.75) is 20.3 Å². The monoisotopic (exact) mass is 390 g/mol. The first-order valence-corrected chi connectivity index (χ1v) is 9.27. The molecule has 1 aliphatic heterocycles. The molecule has 0 radical (unpaired) electrons. The number of benzene rings is 1. The van der Waals surface area contributed by atoms with Gasteiger partial charge in [0.2, 0.25) is 6.79 Å². The SMILES string of the molecule is CCOC(=O)Cc1nc(Cl)c2c(-c3ccc4c(c3)OCO4)c(C)sc2n1. The second-order valence-electron chi connectivity index (χ2n) is 5.69. The summed E-state index contributed by atoms with van der Waals surface area (Å²) in [7, 11) is 0. The Morgan fingerprint density at radius 2 is 2.12 bits per heavy atom. The highest BCUT2D eigenvalue weighted by molar-refractivity contribution is 7.19. The molecule has 6 nitrogen and oxygen atoms in total. The number of halogens is 1. The van der Waals surface area contributed by atoms with E-state index < -0.39 is 0 Å². The van der Waals surface area contributed by atoms with E-state index in [9.17, 15) is 4.79 Å². The minimum atomic E-state index is -0.368. The number of rotatable bonds is 4. The Morgan fingerprint density at radius 1 is 1.31 bits per heavy atom. The van der Waals surface area contributed by atoms with Crippen LogP contribution in [0.4, 0.5) is 0 Å². The first-order chi connectivity index (χ1) is 12.6. The molecule has 0 bridgehead atoms. The topological polar surface area (TPSA) is 70.5 Å². The maximum absolute atomic E-state index is 11.7. The van der Waals surface area contributed by atoms with E-state index in [0.29, 0.717) is 23.3 Å². The molecule has 0 atom stereocenters. The van der Waals surface area contributed by atoms with Crippen molar-refractivity contribution in [1.82, 2.24) is 9.97 Å². The molecule has 0 spiro atoms. The second kappa shape index (κ2) is 6.74. The molecule has 0 saturated carbocycles. The van der Waals surface area contributed by atoms with Gasteiger partial charge in [0, 0.05) is 10.4 Å². The van der Waals surface area contributed by atoms with Crippen molar-refractivity contribution < 1.29 is 19.0 Å². The lowest BCUT2D eigenvalue weighted by Crippen LogP contribution is -2.10. The first kappa shape index (κ1) is 17.1. The number of fused-ring (bicyclic) bond motifs is 2. The second-order valence-corrected chi connectivity index (χ2v) is 7.26. The Balaban J connectivity index is 1.79. The van der Waals surface area contributed by atoms with Crippen LogP contribution in [0.25, 0.3) is 21.3 Å². The lowest BCUT2D eigenvalue weighted by molar-refractivity contribution is -0.142. The van der Waals surface area contributed by atoms with Crippen molar-refractivity contribution in [3.8, 4) is 22.6 Å². The lowest BCUT2D eigenvalue weighted by Gasteiger charge is -2.06. The van der Waals surface area contributed by atoms with Gasteiger partial charge in [-0.15, -0.1) is 11.3 Å². The van der Waals surface area contributed by atoms with Crippen LogP contribution in [-0.2, 0) is 16.0 Å². The summed E-state index contributed by atoms with van der Waals surface area (Å²) in [5, 5.41) is 1.10. The summed E-state index contributed by atoms with van der Waals surface area (Å²) in [6.07, 6.45) is -0.000194. The van der Waals surface area contributed by atoms with Crippen LogP contribution in [0.2, 0.25) is 5.15 Å². The molecule has 0 unspecified atom stereocenters. The molecule has 3 aromatic rings. The Morgan fingerprint density at radius 3 is 2.92 bits per heavy atom. The summed E-state index contributed by atoms with van der Waals surface area (Å²) in [5.41, 5.74) is 1.93. The van der Waals surface area contributed by atoms with Crippen LogP contribution in [-0.4, -0.2) is 29.3 Å². The van der Waals surface area contributed by atoms with Gasteiger partial charge in [-0.25, -0.2) is 9.97 Å². The van der Waals surface area contributed by atoms with Gasteiger partial charge in [0.1, 0.15) is 22.2 Å². The van der Waals surface area contributed by atoms with Crippen LogP contribution in [0.3, 0.4) is 0 Å². The zero-order valence-electron chi connectivity index (χ0n) is 14.2. The summed E-state index contributed by atoms with van der Waals surface area (Å²) in [5.74, 6) is 1.42. The van der Waals surface area contributed by atoms with Crippen LogP contribution in [0, 0.1) is 6.92 Å². The summed E-state index contributed by atoms with van der Waals surface area (Å²) >= 11 is 7.97. The molecule has 4 rings (SSSR count). The van der Waals surface area contributed by atoms with Crippen molar-refractivity contribution in [1.29, 1.82) is 0 Å². The number of nitrogens with zero attached hydrogens (tertiary/aromatic N) is 2. The smallest absolute Gasteiger partial charge is 0.313 e. The van der Waals surface area contributed by atoms with Gasteiger partial charge in [0.05, 0.1) is 12.0 Å². The lowest BCUT2D eigenvalue weighted by atomic mass is 10.0. The van der Waals surface area contributed by atoms with E-state index in [2.05, 4.69) is 9.97 Å². The van der Waals surface area contributed by atoms with E-state index in [-0.39, 0.29) is 19.2 Å². The third-order valence-corrected chi connectivity index (χ3v) is 5.27. The highest BCUT2D eigenvalue weighted by Gasteiger charge is 2.21. The van der Waals surface area contributed by atoms with E-state index in [0.717, 1.165) is 32.0 Å². The van der Waals surface area contributed by atoms with Crippen LogP contribution in [0.1, 0.15) is 17.6 Å². The largest absolute Gasteiger partial charge is 0.466 e. The molecule has 26 heavy (non-hydrogen) atoms. The van der Waals surface area contributed by atoms with Crippen LogP contribution in [0.15, 0.2) is 18.2 Å². The number of thiophene rings is 1. The standard InChI is InChI=1S/C18H15ClN2O4S/c1-3-23-14(22)7-13-20-17(19)16-15(9(2)26-18(16)21-13)10-4-5-11-12(6-10)25-8-24-11/h4-6H,3,7-8H2,1-2H3. The molecule has 0 N–H and O–H groups in total. The summed E-state index contributed by atoms with van der Waals surface area (Å²) in [4.78, 5) is 22.3. The normalized spacial score (nSPS) is 12.6. The molecule has 1 aromatic carbocycles. The van der Waals surface area contributed by atoms with Gasteiger partial charge in [-0.1, -0.05) is 17.7 Å². The molecular formula is C18H15ClN2O4S. The maximum atomic E-state index is 11.7.